The van der Waals surface area contributed by atoms with Crippen molar-refractivity contribution < 1.29 is 0 Å². The van der Waals surface area contributed by atoms with E-state index in [1.807, 2.05) is 11.8 Å². The molecule has 0 aliphatic heterocycles. The summed E-state index contributed by atoms with van der Waals surface area (Å²) in [4.78, 5) is 0. The van der Waals surface area contributed by atoms with Crippen molar-refractivity contribution in [3.05, 3.63) is 6.42 Å². The maximum Gasteiger partial charge on any atom is 0.00187 e. The van der Waals surface area contributed by atoms with E-state index in [0.29, 0.717) is 0 Å². The molecule has 0 rings (SSSR count). The zero-order valence-corrected chi connectivity index (χ0v) is 12.3. The summed E-state index contributed by atoms with van der Waals surface area (Å²) >= 11 is 4.05. The summed E-state index contributed by atoms with van der Waals surface area (Å²) < 4.78 is 0. The highest BCUT2D eigenvalue weighted by Crippen LogP contribution is 2.17. The minimum atomic E-state index is 0.850. The smallest absolute Gasteiger partial charge is 0.00187 e. The fraction of sp³-hybridized carbons (Fsp3) is 0.923. The lowest BCUT2D eigenvalue weighted by Gasteiger charge is -2.08. The van der Waals surface area contributed by atoms with Crippen molar-refractivity contribution in [2.24, 2.45) is 0 Å². The molecule has 0 N–H and O–H groups in total. The van der Waals surface area contributed by atoms with Gasteiger partial charge in [-0.05, 0) is 43.4 Å². The fourth-order valence-electron chi connectivity index (χ4n) is 1.58. The zero-order valence-electron chi connectivity index (χ0n) is 10.6. The minimum absolute atomic E-state index is 0.850. The number of hydrogen-bond donors (Lipinski definition) is 0. The van der Waals surface area contributed by atoms with Gasteiger partial charge >= 0.3 is 0 Å². The summed E-state index contributed by atoms with van der Waals surface area (Å²) in [5.74, 6) is 2.60. The van der Waals surface area contributed by atoms with Crippen molar-refractivity contribution in [2.75, 3.05) is 17.8 Å². The maximum atomic E-state index is 2.49. The molecule has 0 aromatic heterocycles. The van der Waals surface area contributed by atoms with Crippen LogP contribution in [0.25, 0.3) is 0 Å². The summed E-state index contributed by atoms with van der Waals surface area (Å²) in [6.07, 6.45) is 12.9. The average molecular weight is 247 g/mol. The second kappa shape index (κ2) is 12.8. The van der Waals surface area contributed by atoms with Crippen LogP contribution in [0.4, 0.5) is 0 Å². The highest BCUT2D eigenvalue weighted by molar-refractivity contribution is 7.99. The lowest BCUT2D eigenvalue weighted by atomic mass is 10.1. The van der Waals surface area contributed by atoms with Gasteiger partial charge in [-0.25, -0.2) is 0 Å². The van der Waals surface area contributed by atoms with E-state index in [-0.39, 0.29) is 0 Å². The van der Waals surface area contributed by atoms with E-state index in [1.54, 1.807) is 0 Å². The zero-order chi connectivity index (χ0) is 11.4. The Hall–Kier alpha value is 0.700. The van der Waals surface area contributed by atoms with E-state index in [9.17, 15) is 0 Å². The monoisotopic (exact) mass is 247 g/mol. The molecule has 0 aliphatic carbocycles. The molecule has 0 aromatic rings. The number of thioether (sulfide) groups is 2. The molecule has 0 saturated carbocycles. The van der Waals surface area contributed by atoms with Crippen molar-refractivity contribution >= 4 is 23.5 Å². The minimum Gasteiger partial charge on any atom is -0.165 e. The van der Waals surface area contributed by atoms with Crippen molar-refractivity contribution in [3.8, 4) is 0 Å². The first kappa shape index (κ1) is 15.7. The van der Waals surface area contributed by atoms with Crippen molar-refractivity contribution in [2.45, 2.75) is 57.6 Å². The van der Waals surface area contributed by atoms with E-state index < -0.39 is 0 Å². The number of rotatable bonds is 11. The number of unbranched alkanes of at least 4 members (excludes halogenated alkanes) is 5. The summed E-state index contributed by atoms with van der Waals surface area (Å²) in [7, 11) is 0. The van der Waals surface area contributed by atoms with Crippen LogP contribution in [0.15, 0.2) is 0 Å². The van der Waals surface area contributed by atoms with Gasteiger partial charge < -0.3 is 0 Å². The van der Waals surface area contributed by atoms with E-state index >= 15 is 0 Å². The molecule has 1 atom stereocenters. The molecule has 0 amide bonds. The standard InChI is InChI=1S/C13H27S2/c1-4-15-13(2)11-9-7-5-6-8-10-12-14-3/h7,13H,4-6,8-12H2,1-3H3. The molecule has 0 spiro atoms. The Bertz CT molecular complexity index is 115. The van der Waals surface area contributed by atoms with Gasteiger partial charge in [0, 0.05) is 5.25 Å². The summed E-state index contributed by atoms with van der Waals surface area (Å²) in [5, 5.41) is 0.850. The van der Waals surface area contributed by atoms with Gasteiger partial charge in [0.05, 0.1) is 0 Å². The normalized spacial score (nSPS) is 13.0. The SMILES string of the molecule is CCSC(C)CC[CH]CCCCCSC. The Morgan fingerprint density at radius 1 is 1.13 bits per heavy atom. The van der Waals surface area contributed by atoms with E-state index in [0.717, 1.165) is 5.25 Å². The van der Waals surface area contributed by atoms with Crippen LogP contribution in [0.5, 0.6) is 0 Å². The predicted octanol–water partition coefficient (Wildman–Crippen LogP) is 5.04. The van der Waals surface area contributed by atoms with Crippen LogP contribution >= 0.6 is 23.5 Å². The van der Waals surface area contributed by atoms with Gasteiger partial charge in [0.2, 0.25) is 0 Å². The molecule has 91 valence electrons. The molecule has 0 aliphatic rings. The molecule has 1 unspecified atom stereocenters. The van der Waals surface area contributed by atoms with Crippen LogP contribution < -0.4 is 0 Å². The second-order valence-electron chi connectivity index (χ2n) is 3.97. The first-order valence-electron chi connectivity index (χ1n) is 6.23. The van der Waals surface area contributed by atoms with Crippen LogP contribution in [-0.4, -0.2) is 23.0 Å². The Labute approximate surface area is 105 Å². The first-order chi connectivity index (χ1) is 7.31. The Balaban J connectivity index is 2.98. The molecule has 0 bridgehead atoms. The Morgan fingerprint density at radius 2 is 1.93 bits per heavy atom. The van der Waals surface area contributed by atoms with Crippen molar-refractivity contribution in [3.63, 3.8) is 0 Å². The topological polar surface area (TPSA) is 0 Å². The Morgan fingerprint density at radius 3 is 2.60 bits per heavy atom. The highest BCUT2D eigenvalue weighted by Gasteiger charge is 2.00. The third-order valence-corrected chi connectivity index (χ3v) is 4.32. The quantitative estimate of drug-likeness (QED) is 0.469. The van der Waals surface area contributed by atoms with Crippen LogP contribution in [0.1, 0.15) is 52.4 Å². The van der Waals surface area contributed by atoms with Gasteiger partial charge in [0.25, 0.3) is 0 Å². The molecule has 15 heavy (non-hydrogen) atoms. The van der Waals surface area contributed by atoms with E-state index in [4.69, 9.17) is 0 Å². The molecule has 0 aromatic carbocycles. The average Bonchev–Trinajstić information content (AvgIpc) is 2.22. The molecule has 0 nitrogen and oxygen atoms in total. The summed E-state index contributed by atoms with van der Waals surface area (Å²) in [6.45, 7) is 4.59. The molecular weight excluding hydrogens is 220 g/mol. The maximum absolute atomic E-state index is 2.49. The second-order valence-corrected chi connectivity index (χ2v) is 6.68. The molecule has 0 fully saturated rings. The van der Waals surface area contributed by atoms with Crippen LogP contribution in [0, 0.1) is 6.42 Å². The van der Waals surface area contributed by atoms with Gasteiger partial charge in [-0.2, -0.15) is 23.5 Å². The first-order valence-corrected chi connectivity index (χ1v) is 8.67. The third kappa shape index (κ3) is 12.6. The summed E-state index contributed by atoms with van der Waals surface area (Å²) in [6, 6.07) is 0. The fourth-order valence-corrected chi connectivity index (χ4v) is 2.94. The van der Waals surface area contributed by atoms with Gasteiger partial charge in [0.15, 0.2) is 0 Å². The highest BCUT2D eigenvalue weighted by atomic mass is 32.2. The van der Waals surface area contributed by atoms with Gasteiger partial charge in [-0.3, -0.25) is 0 Å². The van der Waals surface area contributed by atoms with Crippen molar-refractivity contribution in [1.82, 2.24) is 0 Å². The van der Waals surface area contributed by atoms with Crippen molar-refractivity contribution in [1.29, 1.82) is 0 Å². The van der Waals surface area contributed by atoms with Gasteiger partial charge in [0.1, 0.15) is 0 Å². The van der Waals surface area contributed by atoms with Crippen LogP contribution in [0.3, 0.4) is 0 Å². The van der Waals surface area contributed by atoms with Crippen LogP contribution in [-0.2, 0) is 0 Å². The van der Waals surface area contributed by atoms with E-state index in [2.05, 4.69) is 38.3 Å². The molecule has 1 radical (unpaired) electrons. The third-order valence-electron chi connectivity index (χ3n) is 2.49. The van der Waals surface area contributed by atoms with Gasteiger partial charge in [-0.1, -0.05) is 33.1 Å². The lowest BCUT2D eigenvalue weighted by Crippen LogP contribution is -1.96. The molecule has 0 heterocycles. The Kier molecular flexibility index (Phi) is 13.4. The predicted molar refractivity (Wildman–Crippen MR) is 78.0 cm³/mol. The lowest BCUT2D eigenvalue weighted by molar-refractivity contribution is 0.679. The number of hydrogen-bond acceptors (Lipinski definition) is 2. The molecule has 0 saturated heterocycles. The van der Waals surface area contributed by atoms with Gasteiger partial charge in [-0.15, -0.1) is 0 Å². The largest absolute Gasteiger partial charge is 0.165 e. The molecule has 2 heteroatoms. The van der Waals surface area contributed by atoms with Crippen LogP contribution in [0.2, 0.25) is 0 Å². The van der Waals surface area contributed by atoms with E-state index in [1.165, 1.54) is 50.0 Å². The molecular formula is C13H27S2. The summed E-state index contributed by atoms with van der Waals surface area (Å²) in [5.41, 5.74) is 0.